The Morgan fingerprint density at radius 1 is 0.730 bits per heavy atom. The monoisotopic (exact) mass is 487 g/mol. The molecule has 184 valence electrons. The van der Waals surface area contributed by atoms with E-state index in [-0.39, 0.29) is 11.7 Å². The molecule has 37 heavy (non-hydrogen) atoms. The molecule has 0 saturated heterocycles. The minimum absolute atomic E-state index is 0.184. The Kier molecular flexibility index (Phi) is 5.56. The molecule has 6 aromatic rings. The van der Waals surface area contributed by atoms with Crippen LogP contribution < -0.4 is 4.74 Å². The molecule has 0 aliphatic heterocycles. The predicted octanol–water partition coefficient (Wildman–Crippen LogP) is 8.47. The van der Waals surface area contributed by atoms with Crippen LogP contribution in [0.1, 0.15) is 50.7 Å². The van der Waals surface area contributed by atoms with Crippen molar-refractivity contribution in [2.75, 3.05) is 0 Å². The summed E-state index contributed by atoms with van der Waals surface area (Å²) in [5.74, 6) is 2.68. The van der Waals surface area contributed by atoms with Crippen LogP contribution in [0.3, 0.4) is 0 Å². The highest BCUT2D eigenvalue weighted by Crippen LogP contribution is 2.39. The van der Waals surface area contributed by atoms with E-state index >= 15 is 0 Å². The van der Waals surface area contributed by atoms with Gasteiger partial charge in [0.2, 0.25) is 5.88 Å². The Hall–Kier alpha value is -4.38. The van der Waals surface area contributed by atoms with Crippen molar-refractivity contribution in [1.82, 2.24) is 14.5 Å². The first-order valence-corrected chi connectivity index (χ1v) is 12.7. The number of aromatic hydroxyl groups is 1. The summed E-state index contributed by atoms with van der Waals surface area (Å²) in [6.07, 6.45) is 1.80. The fourth-order valence-corrected chi connectivity index (χ4v) is 5.15. The molecule has 5 heteroatoms. The highest BCUT2D eigenvalue weighted by atomic mass is 16.5. The fraction of sp³-hybridized carbons (Fsp3) is 0.188. The summed E-state index contributed by atoms with van der Waals surface area (Å²) in [5.41, 5.74) is 4.75. The largest absolute Gasteiger partial charge is 0.505 e. The first kappa shape index (κ1) is 23.0. The zero-order valence-electron chi connectivity index (χ0n) is 21.4. The molecule has 0 fully saturated rings. The highest BCUT2D eigenvalue weighted by molar-refractivity contribution is 6.09. The molecule has 3 aromatic carbocycles. The van der Waals surface area contributed by atoms with Crippen LogP contribution in [0, 0.1) is 0 Å². The normalized spacial score (nSPS) is 11.8. The summed E-state index contributed by atoms with van der Waals surface area (Å²) in [5, 5.41) is 14.3. The minimum atomic E-state index is 0.184. The number of aromatic nitrogens is 3. The fourth-order valence-electron chi connectivity index (χ4n) is 5.15. The number of ether oxygens (including phenoxy) is 1. The van der Waals surface area contributed by atoms with Crippen LogP contribution >= 0.6 is 0 Å². The SMILES string of the molecule is CC(C)c1cc(C(C)C)c2ccc(Oc3ccc4c5ccccc5n(-c5ccccn5)c4c3)nc2c1O. The van der Waals surface area contributed by atoms with Crippen LogP contribution in [0.5, 0.6) is 17.4 Å². The van der Waals surface area contributed by atoms with Crippen molar-refractivity contribution in [1.29, 1.82) is 0 Å². The molecule has 5 nitrogen and oxygen atoms in total. The standard InChI is InChI=1S/C32H29N3O2/c1-19(2)25-18-26(20(3)4)32(36)31-24(25)14-15-30(34-31)37-21-12-13-23-22-9-5-6-10-27(22)35(28(23)17-21)29-11-7-8-16-33-29/h5-20,36H,1-4H3. The van der Waals surface area contributed by atoms with Crippen LogP contribution in [-0.4, -0.2) is 19.6 Å². The summed E-state index contributed by atoms with van der Waals surface area (Å²) in [7, 11) is 0. The van der Waals surface area contributed by atoms with E-state index in [1.165, 1.54) is 5.56 Å². The first-order chi connectivity index (χ1) is 17.9. The average molecular weight is 488 g/mol. The Morgan fingerprint density at radius 3 is 2.22 bits per heavy atom. The van der Waals surface area contributed by atoms with Crippen molar-refractivity contribution >= 4 is 32.7 Å². The van der Waals surface area contributed by atoms with Crippen LogP contribution in [0.15, 0.2) is 85.1 Å². The van der Waals surface area contributed by atoms with E-state index in [0.717, 1.165) is 38.6 Å². The van der Waals surface area contributed by atoms with Gasteiger partial charge in [0.1, 0.15) is 22.8 Å². The number of phenolic OH excluding ortho intramolecular Hbond substituents is 1. The van der Waals surface area contributed by atoms with Gasteiger partial charge >= 0.3 is 0 Å². The summed E-state index contributed by atoms with van der Waals surface area (Å²) in [4.78, 5) is 9.37. The summed E-state index contributed by atoms with van der Waals surface area (Å²) in [6, 6.07) is 26.3. The number of hydrogen-bond donors (Lipinski definition) is 1. The maximum Gasteiger partial charge on any atom is 0.219 e. The van der Waals surface area contributed by atoms with E-state index in [1.807, 2.05) is 48.5 Å². The second kappa shape index (κ2) is 8.93. The van der Waals surface area contributed by atoms with E-state index in [0.29, 0.717) is 23.1 Å². The number of para-hydroxylation sites is 1. The molecule has 1 N–H and O–H groups in total. The van der Waals surface area contributed by atoms with Gasteiger partial charge in [-0.15, -0.1) is 0 Å². The maximum atomic E-state index is 11.1. The predicted molar refractivity (Wildman–Crippen MR) is 150 cm³/mol. The zero-order chi connectivity index (χ0) is 25.7. The quantitative estimate of drug-likeness (QED) is 0.265. The van der Waals surface area contributed by atoms with E-state index < -0.39 is 0 Å². The number of rotatable bonds is 5. The van der Waals surface area contributed by atoms with Crippen molar-refractivity contribution < 1.29 is 9.84 Å². The van der Waals surface area contributed by atoms with Crippen molar-refractivity contribution in [3.8, 4) is 23.2 Å². The molecule has 0 radical (unpaired) electrons. The van der Waals surface area contributed by atoms with E-state index in [1.54, 1.807) is 6.20 Å². The lowest BCUT2D eigenvalue weighted by Gasteiger charge is -2.17. The lowest BCUT2D eigenvalue weighted by molar-refractivity contribution is 0.457. The van der Waals surface area contributed by atoms with Gasteiger partial charge in [0, 0.05) is 34.5 Å². The third-order valence-electron chi connectivity index (χ3n) is 6.98. The summed E-state index contributed by atoms with van der Waals surface area (Å²) in [6.45, 7) is 8.50. The van der Waals surface area contributed by atoms with Gasteiger partial charge in [-0.1, -0.05) is 58.0 Å². The van der Waals surface area contributed by atoms with Gasteiger partial charge in [0.05, 0.1) is 11.0 Å². The van der Waals surface area contributed by atoms with E-state index in [2.05, 4.69) is 67.6 Å². The molecule has 0 spiro atoms. The van der Waals surface area contributed by atoms with Crippen molar-refractivity contribution in [2.45, 2.75) is 39.5 Å². The second-order valence-corrected chi connectivity index (χ2v) is 10.1. The van der Waals surface area contributed by atoms with E-state index in [4.69, 9.17) is 9.72 Å². The van der Waals surface area contributed by atoms with Crippen molar-refractivity contribution in [3.05, 3.63) is 96.2 Å². The van der Waals surface area contributed by atoms with E-state index in [9.17, 15) is 5.11 Å². The second-order valence-electron chi connectivity index (χ2n) is 10.1. The van der Waals surface area contributed by atoms with Gasteiger partial charge < -0.3 is 9.84 Å². The number of phenols is 1. The van der Waals surface area contributed by atoms with Gasteiger partial charge in [0.15, 0.2) is 0 Å². The van der Waals surface area contributed by atoms with Crippen LogP contribution in [0.4, 0.5) is 0 Å². The smallest absolute Gasteiger partial charge is 0.219 e. The number of fused-ring (bicyclic) bond motifs is 4. The molecule has 0 aliphatic rings. The molecule has 0 atom stereocenters. The number of hydrogen-bond acceptors (Lipinski definition) is 4. The molecule has 0 unspecified atom stereocenters. The zero-order valence-corrected chi connectivity index (χ0v) is 21.4. The topological polar surface area (TPSA) is 60.2 Å². The minimum Gasteiger partial charge on any atom is -0.505 e. The molecular weight excluding hydrogens is 458 g/mol. The third kappa shape index (κ3) is 3.87. The average Bonchev–Trinajstić information content (AvgIpc) is 3.23. The molecule has 0 amide bonds. The van der Waals surface area contributed by atoms with Gasteiger partial charge in [0.25, 0.3) is 0 Å². The van der Waals surface area contributed by atoms with Gasteiger partial charge in [-0.2, -0.15) is 0 Å². The number of benzene rings is 3. The van der Waals surface area contributed by atoms with Gasteiger partial charge in [-0.3, -0.25) is 4.57 Å². The molecule has 6 rings (SSSR count). The summed E-state index contributed by atoms with van der Waals surface area (Å²) < 4.78 is 8.43. The van der Waals surface area contributed by atoms with Crippen LogP contribution in [0.25, 0.3) is 38.5 Å². The third-order valence-corrected chi connectivity index (χ3v) is 6.98. The molecule has 0 saturated carbocycles. The lowest BCUT2D eigenvalue weighted by Crippen LogP contribution is -1.99. The maximum absolute atomic E-state index is 11.1. The Bertz CT molecular complexity index is 1770. The van der Waals surface area contributed by atoms with Gasteiger partial charge in [-0.05, 0) is 59.4 Å². The Labute approximate surface area is 216 Å². The number of pyridine rings is 2. The molecular formula is C32H29N3O2. The van der Waals surface area contributed by atoms with Gasteiger partial charge in [-0.25, -0.2) is 9.97 Å². The van der Waals surface area contributed by atoms with Crippen molar-refractivity contribution in [3.63, 3.8) is 0 Å². The molecule has 0 bridgehead atoms. The Morgan fingerprint density at radius 2 is 1.46 bits per heavy atom. The lowest BCUT2D eigenvalue weighted by atomic mass is 9.91. The Balaban J connectivity index is 1.49. The van der Waals surface area contributed by atoms with Crippen LogP contribution in [0.2, 0.25) is 0 Å². The van der Waals surface area contributed by atoms with Crippen LogP contribution in [-0.2, 0) is 0 Å². The number of nitrogens with zero attached hydrogens (tertiary/aromatic N) is 3. The molecule has 3 aromatic heterocycles. The van der Waals surface area contributed by atoms with Crippen molar-refractivity contribution in [2.24, 2.45) is 0 Å². The first-order valence-electron chi connectivity index (χ1n) is 12.7. The molecule has 0 aliphatic carbocycles. The molecule has 3 heterocycles. The highest BCUT2D eigenvalue weighted by Gasteiger charge is 2.18. The summed E-state index contributed by atoms with van der Waals surface area (Å²) >= 11 is 0.